The van der Waals surface area contributed by atoms with Crippen molar-refractivity contribution in [2.75, 3.05) is 13.1 Å². The van der Waals surface area contributed by atoms with Gasteiger partial charge in [-0.3, -0.25) is 14.8 Å². The summed E-state index contributed by atoms with van der Waals surface area (Å²) in [5, 5.41) is 7.92. The first-order valence-corrected chi connectivity index (χ1v) is 7.61. The Morgan fingerprint density at radius 1 is 1.43 bits per heavy atom. The minimum absolute atomic E-state index is 0.0197. The van der Waals surface area contributed by atoms with Crippen molar-refractivity contribution in [3.05, 3.63) is 50.7 Å². The second-order valence-electron chi connectivity index (χ2n) is 5.65. The largest absolute Gasteiger partial charge is 0.329 e. The van der Waals surface area contributed by atoms with Gasteiger partial charge in [-0.2, -0.15) is 5.10 Å². The number of pyridine rings is 1. The van der Waals surface area contributed by atoms with E-state index in [1.807, 2.05) is 13.0 Å². The van der Waals surface area contributed by atoms with Gasteiger partial charge in [0, 0.05) is 18.8 Å². The molecule has 2 N–H and O–H groups in total. The quantitative estimate of drug-likeness (QED) is 0.915. The maximum absolute atomic E-state index is 11.4. The predicted octanol–water partition coefficient (Wildman–Crippen LogP) is 2.44. The number of rotatable bonds is 3. The number of nitrogens with zero attached hydrogens (tertiary/aromatic N) is 2. The van der Waals surface area contributed by atoms with Gasteiger partial charge in [0.15, 0.2) is 0 Å². The lowest BCUT2D eigenvalue weighted by molar-refractivity contribution is 0.202. The number of aromatic amines is 2. The average molecular weight is 307 g/mol. The van der Waals surface area contributed by atoms with Crippen LogP contribution in [0.25, 0.3) is 0 Å². The van der Waals surface area contributed by atoms with Crippen LogP contribution in [-0.2, 0) is 6.54 Å². The molecule has 1 fully saturated rings. The van der Waals surface area contributed by atoms with Gasteiger partial charge in [-0.1, -0.05) is 11.6 Å². The molecule has 2 aromatic rings. The molecule has 0 amide bonds. The monoisotopic (exact) mass is 306 g/mol. The topological polar surface area (TPSA) is 64.8 Å². The van der Waals surface area contributed by atoms with Crippen molar-refractivity contribution < 1.29 is 0 Å². The third-order valence-corrected chi connectivity index (χ3v) is 4.67. The summed E-state index contributed by atoms with van der Waals surface area (Å²) in [6, 6.07) is 3.73. The molecule has 0 spiro atoms. The van der Waals surface area contributed by atoms with Gasteiger partial charge in [-0.15, -0.1) is 0 Å². The molecule has 21 heavy (non-hydrogen) atoms. The fraction of sp³-hybridized carbons (Fsp3) is 0.467. The van der Waals surface area contributed by atoms with Gasteiger partial charge in [0.1, 0.15) is 0 Å². The Morgan fingerprint density at radius 2 is 2.19 bits per heavy atom. The standard InChI is InChI=1S/C15H19ClN4O/c1-10-15(16)13(19-18-10)9-20-6-3-11(4-7-20)12-2-5-17-14(21)8-12/h2,5,8,11H,3-4,6-7,9H2,1H3,(H,17,21)(H,18,19). The smallest absolute Gasteiger partial charge is 0.248 e. The highest BCUT2D eigenvalue weighted by Gasteiger charge is 2.22. The van der Waals surface area contributed by atoms with E-state index < -0.39 is 0 Å². The third kappa shape index (κ3) is 3.19. The summed E-state index contributed by atoms with van der Waals surface area (Å²) in [5.74, 6) is 0.472. The van der Waals surface area contributed by atoms with Crippen LogP contribution in [0.4, 0.5) is 0 Å². The summed E-state index contributed by atoms with van der Waals surface area (Å²) in [4.78, 5) is 16.4. The van der Waals surface area contributed by atoms with Crippen LogP contribution in [0, 0.1) is 6.92 Å². The molecule has 2 aromatic heterocycles. The SMILES string of the molecule is Cc1[nH]nc(CN2CCC(c3cc[nH]c(=O)c3)CC2)c1Cl. The first-order valence-electron chi connectivity index (χ1n) is 7.24. The Labute approximate surface area is 128 Å². The van der Waals surface area contributed by atoms with Gasteiger partial charge < -0.3 is 4.98 Å². The van der Waals surface area contributed by atoms with Crippen molar-refractivity contribution in [2.24, 2.45) is 0 Å². The summed E-state index contributed by atoms with van der Waals surface area (Å²) in [7, 11) is 0. The molecule has 5 nitrogen and oxygen atoms in total. The summed E-state index contributed by atoms with van der Waals surface area (Å²) >= 11 is 6.21. The number of nitrogens with one attached hydrogen (secondary N) is 2. The molecule has 3 heterocycles. The molecule has 1 aliphatic rings. The number of piperidine rings is 1. The van der Waals surface area contributed by atoms with Crippen LogP contribution in [0.15, 0.2) is 23.1 Å². The number of aromatic nitrogens is 3. The summed E-state index contributed by atoms with van der Waals surface area (Å²) < 4.78 is 0. The summed E-state index contributed by atoms with van der Waals surface area (Å²) in [5.41, 5.74) is 2.97. The van der Waals surface area contributed by atoms with E-state index >= 15 is 0 Å². The zero-order valence-electron chi connectivity index (χ0n) is 12.0. The number of halogens is 1. The number of H-pyrrole nitrogens is 2. The molecule has 0 radical (unpaired) electrons. The van der Waals surface area contributed by atoms with Crippen molar-refractivity contribution in [1.82, 2.24) is 20.1 Å². The highest BCUT2D eigenvalue weighted by molar-refractivity contribution is 6.31. The Kier molecular flexibility index (Phi) is 4.12. The van der Waals surface area contributed by atoms with Gasteiger partial charge >= 0.3 is 0 Å². The third-order valence-electron chi connectivity index (χ3n) is 4.17. The Hall–Kier alpha value is -1.59. The molecule has 0 saturated carbocycles. The van der Waals surface area contributed by atoms with Crippen LogP contribution in [0.5, 0.6) is 0 Å². The van der Waals surface area contributed by atoms with E-state index in [2.05, 4.69) is 20.1 Å². The Bertz CT molecular complexity index is 670. The van der Waals surface area contributed by atoms with Crippen LogP contribution in [0.1, 0.15) is 35.7 Å². The van der Waals surface area contributed by atoms with Crippen LogP contribution >= 0.6 is 11.6 Å². The van der Waals surface area contributed by atoms with Crippen molar-refractivity contribution >= 4 is 11.6 Å². The zero-order chi connectivity index (χ0) is 14.8. The normalized spacial score (nSPS) is 17.2. The van der Waals surface area contributed by atoms with Crippen molar-refractivity contribution in [1.29, 1.82) is 0 Å². The van der Waals surface area contributed by atoms with Crippen molar-refractivity contribution in [3.8, 4) is 0 Å². The lowest BCUT2D eigenvalue weighted by atomic mass is 9.90. The van der Waals surface area contributed by atoms with Crippen molar-refractivity contribution in [2.45, 2.75) is 32.2 Å². The molecule has 0 unspecified atom stereocenters. The minimum Gasteiger partial charge on any atom is -0.329 e. The second-order valence-corrected chi connectivity index (χ2v) is 6.02. The van der Waals surface area contributed by atoms with E-state index in [-0.39, 0.29) is 5.56 Å². The van der Waals surface area contributed by atoms with Gasteiger partial charge in [0.05, 0.1) is 16.4 Å². The Balaban J connectivity index is 1.60. The molecule has 1 saturated heterocycles. The van der Waals surface area contributed by atoms with E-state index in [0.29, 0.717) is 5.92 Å². The zero-order valence-corrected chi connectivity index (χ0v) is 12.8. The number of hydrogen-bond acceptors (Lipinski definition) is 3. The van der Waals surface area contributed by atoms with E-state index in [0.717, 1.165) is 54.4 Å². The highest BCUT2D eigenvalue weighted by atomic mass is 35.5. The van der Waals surface area contributed by atoms with E-state index in [4.69, 9.17) is 11.6 Å². The molecule has 0 bridgehead atoms. The van der Waals surface area contributed by atoms with Crippen LogP contribution < -0.4 is 5.56 Å². The maximum Gasteiger partial charge on any atom is 0.248 e. The van der Waals surface area contributed by atoms with E-state index in [1.54, 1.807) is 12.3 Å². The fourth-order valence-corrected chi connectivity index (χ4v) is 3.07. The molecule has 0 aliphatic carbocycles. The first-order chi connectivity index (χ1) is 10.1. The lowest BCUT2D eigenvalue weighted by Crippen LogP contribution is -2.32. The molecular formula is C15H19ClN4O. The molecule has 0 atom stereocenters. The molecule has 3 rings (SSSR count). The van der Waals surface area contributed by atoms with Gasteiger partial charge in [0.2, 0.25) is 5.56 Å². The van der Waals surface area contributed by atoms with E-state index in [1.165, 1.54) is 0 Å². The van der Waals surface area contributed by atoms with Crippen LogP contribution in [-0.4, -0.2) is 33.2 Å². The predicted molar refractivity (Wildman–Crippen MR) is 82.6 cm³/mol. The number of hydrogen-bond donors (Lipinski definition) is 2. The van der Waals surface area contributed by atoms with E-state index in [9.17, 15) is 4.79 Å². The second kappa shape index (κ2) is 6.03. The molecule has 0 aromatic carbocycles. The molecule has 6 heteroatoms. The fourth-order valence-electron chi connectivity index (χ4n) is 2.92. The molecule has 1 aliphatic heterocycles. The first kappa shape index (κ1) is 14.4. The molecular weight excluding hydrogens is 288 g/mol. The lowest BCUT2D eigenvalue weighted by Gasteiger charge is -2.31. The molecule has 112 valence electrons. The summed E-state index contributed by atoms with van der Waals surface area (Å²) in [6.45, 7) is 4.71. The van der Waals surface area contributed by atoms with Gasteiger partial charge in [0.25, 0.3) is 0 Å². The highest BCUT2D eigenvalue weighted by Crippen LogP contribution is 2.28. The number of aryl methyl sites for hydroxylation is 1. The maximum atomic E-state index is 11.4. The van der Waals surface area contributed by atoms with Crippen LogP contribution in [0.3, 0.4) is 0 Å². The van der Waals surface area contributed by atoms with Crippen molar-refractivity contribution in [3.63, 3.8) is 0 Å². The Morgan fingerprint density at radius 3 is 2.81 bits per heavy atom. The van der Waals surface area contributed by atoms with Crippen LogP contribution in [0.2, 0.25) is 5.02 Å². The average Bonchev–Trinajstić information content (AvgIpc) is 2.80. The van der Waals surface area contributed by atoms with Gasteiger partial charge in [-0.05, 0) is 50.4 Å². The number of likely N-dealkylation sites (tertiary alicyclic amines) is 1. The summed E-state index contributed by atoms with van der Waals surface area (Å²) in [6.07, 6.45) is 3.85. The van der Waals surface area contributed by atoms with Gasteiger partial charge in [-0.25, -0.2) is 0 Å². The minimum atomic E-state index is -0.0197.